The number of aromatic carboxylic acids is 1. The molecular weight excluding hydrogens is 239 g/mol. The predicted molar refractivity (Wildman–Crippen MR) is 49.4 cm³/mol. The van der Waals surface area contributed by atoms with E-state index in [4.69, 9.17) is 0 Å². The topological polar surface area (TPSA) is 70.0 Å². The van der Waals surface area contributed by atoms with Crippen LogP contribution in [0.1, 0.15) is 29.9 Å². The Morgan fingerprint density at radius 2 is 2.29 bits per heavy atom. The normalized spacial score (nSPS) is 24.0. The molecule has 0 saturated heterocycles. The number of halogens is 3. The molecule has 0 radical (unpaired) electrons. The molecular formula is C9H9F3N3O2-. The molecule has 0 spiro atoms. The van der Waals surface area contributed by atoms with Gasteiger partial charge in [0.2, 0.25) is 0 Å². The molecule has 0 saturated carbocycles. The van der Waals surface area contributed by atoms with Crippen molar-refractivity contribution in [3.63, 3.8) is 0 Å². The number of anilines is 1. The van der Waals surface area contributed by atoms with Crippen LogP contribution >= 0.6 is 0 Å². The van der Waals surface area contributed by atoms with Crippen LogP contribution in [0.2, 0.25) is 0 Å². The summed E-state index contributed by atoms with van der Waals surface area (Å²) >= 11 is 0. The van der Waals surface area contributed by atoms with E-state index in [9.17, 15) is 23.1 Å². The average molecular weight is 248 g/mol. The van der Waals surface area contributed by atoms with E-state index >= 15 is 0 Å². The summed E-state index contributed by atoms with van der Waals surface area (Å²) < 4.78 is 38.9. The van der Waals surface area contributed by atoms with E-state index in [0.29, 0.717) is 4.68 Å². The Labute approximate surface area is 94.2 Å². The number of carbonyl (C=O) groups is 1. The summed E-state index contributed by atoms with van der Waals surface area (Å²) in [5.74, 6) is -1.55. The van der Waals surface area contributed by atoms with Gasteiger partial charge in [-0.05, 0) is 13.3 Å². The third-order valence-corrected chi connectivity index (χ3v) is 2.59. The van der Waals surface area contributed by atoms with Gasteiger partial charge in [-0.25, -0.2) is 4.68 Å². The molecule has 94 valence electrons. The van der Waals surface area contributed by atoms with Crippen LogP contribution in [0, 0.1) is 0 Å². The van der Waals surface area contributed by atoms with Crippen LogP contribution in [0.3, 0.4) is 0 Å². The molecule has 0 aromatic carbocycles. The van der Waals surface area contributed by atoms with Crippen LogP contribution in [0.25, 0.3) is 0 Å². The first kappa shape index (κ1) is 11.7. The van der Waals surface area contributed by atoms with Crippen molar-refractivity contribution in [3.8, 4) is 0 Å². The molecule has 0 fully saturated rings. The first-order valence-electron chi connectivity index (χ1n) is 4.93. The molecule has 2 heterocycles. The largest absolute Gasteiger partial charge is 0.543 e. The number of carboxylic acids is 1. The molecule has 2 atom stereocenters. The standard InChI is InChI=1S/C9H10F3N3O2/c1-4-2-6(9(10,11)12)15-7(13-4)3-5(14-15)8(16)17/h3-4,6,13H,2H2,1H3,(H,16,17)/p-1/t4-,6-/m1/s1. The van der Waals surface area contributed by atoms with Gasteiger partial charge >= 0.3 is 6.18 Å². The highest BCUT2D eigenvalue weighted by Gasteiger charge is 2.45. The van der Waals surface area contributed by atoms with E-state index in [0.717, 1.165) is 6.07 Å². The number of carbonyl (C=O) groups excluding carboxylic acids is 1. The van der Waals surface area contributed by atoms with Crippen molar-refractivity contribution in [1.29, 1.82) is 0 Å². The fourth-order valence-corrected chi connectivity index (χ4v) is 1.86. The number of fused-ring (bicyclic) bond motifs is 1. The minimum Gasteiger partial charge on any atom is -0.543 e. The Balaban J connectivity index is 2.45. The Morgan fingerprint density at radius 1 is 1.65 bits per heavy atom. The van der Waals surface area contributed by atoms with Crippen molar-refractivity contribution in [2.45, 2.75) is 31.6 Å². The van der Waals surface area contributed by atoms with Gasteiger partial charge in [0.25, 0.3) is 0 Å². The van der Waals surface area contributed by atoms with Crippen molar-refractivity contribution in [2.75, 3.05) is 5.32 Å². The summed E-state index contributed by atoms with van der Waals surface area (Å²) in [5, 5.41) is 16.7. The van der Waals surface area contributed by atoms with Gasteiger partial charge in [0.15, 0.2) is 6.04 Å². The van der Waals surface area contributed by atoms with E-state index < -0.39 is 29.9 Å². The predicted octanol–water partition coefficient (Wildman–Crippen LogP) is 0.554. The number of aromatic nitrogens is 2. The third-order valence-electron chi connectivity index (χ3n) is 2.59. The second-order valence-electron chi connectivity index (χ2n) is 3.99. The van der Waals surface area contributed by atoms with Gasteiger partial charge in [0.05, 0.1) is 5.97 Å². The van der Waals surface area contributed by atoms with Crippen molar-refractivity contribution in [2.24, 2.45) is 0 Å². The Hall–Kier alpha value is -1.73. The summed E-state index contributed by atoms with van der Waals surface area (Å²) in [6, 6.07) is -1.16. The van der Waals surface area contributed by atoms with Gasteiger partial charge < -0.3 is 15.2 Å². The van der Waals surface area contributed by atoms with Gasteiger partial charge in [0, 0.05) is 12.1 Å². The summed E-state index contributed by atoms with van der Waals surface area (Å²) in [6.07, 6.45) is -4.65. The van der Waals surface area contributed by atoms with E-state index in [1.54, 1.807) is 6.92 Å². The lowest BCUT2D eigenvalue weighted by atomic mass is 10.1. The van der Waals surface area contributed by atoms with Gasteiger partial charge in [0.1, 0.15) is 11.5 Å². The van der Waals surface area contributed by atoms with Crippen LogP contribution in [0.15, 0.2) is 6.07 Å². The molecule has 0 bridgehead atoms. The SMILES string of the molecule is C[C@@H]1C[C@H](C(F)(F)F)n2nc(C(=O)[O-])cc2N1. The van der Waals surface area contributed by atoms with Crippen molar-refractivity contribution < 1.29 is 23.1 Å². The minimum atomic E-state index is -4.46. The second-order valence-corrected chi connectivity index (χ2v) is 3.99. The number of rotatable bonds is 1. The molecule has 1 N–H and O–H groups in total. The lowest BCUT2D eigenvalue weighted by Gasteiger charge is -2.31. The number of alkyl halides is 3. The smallest absolute Gasteiger partial charge is 0.410 e. The second kappa shape index (κ2) is 3.64. The summed E-state index contributed by atoms with van der Waals surface area (Å²) in [7, 11) is 0. The van der Waals surface area contributed by atoms with Gasteiger partial charge in [-0.3, -0.25) is 0 Å². The van der Waals surface area contributed by atoms with Gasteiger partial charge in [-0.1, -0.05) is 0 Å². The molecule has 0 amide bonds. The number of hydrogen-bond acceptors (Lipinski definition) is 4. The monoisotopic (exact) mass is 248 g/mol. The van der Waals surface area contributed by atoms with E-state index in [1.807, 2.05) is 0 Å². The zero-order valence-electron chi connectivity index (χ0n) is 8.78. The van der Waals surface area contributed by atoms with Crippen LogP contribution in [0.4, 0.5) is 19.0 Å². The quantitative estimate of drug-likeness (QED) is 0.788. The average Bonchev–Trinajstić information content (AvgIpc) is 2.58. The van der Waals surface area contributed by atoms with Crippen LogP contribution in [-0.2, 0) is 0 Å². The maximum atomic E-state index is 12.8. The summed E-state index contributed by atoms with van der Waals surface area (Å²) in [6.45, 7) is 1.59. The maximum Gasteiger partial charge on any atom is 0.410 e. The molecule has 0 unspecified atom stereocenters. The summed E-state index contributed by atoms with van der Waals surface area (Å²) in [4.78, 5) is 10.6. The van der Waals surface area contributed by atoms with E-state index in [-0.39, 0.29) is 12.2 Å². The van der Waals surface area contributed by atoms with Crippen LogP contribution < -0.4 is 10.4 Å². The lowest BCUT2D eigenvalue weighted by Crippen LogP contribution is -2.38. The fraction of sp³-hybridized carbons (Fsp3) is 0.556. The zero-order chi connectivity index (χ0) is 12.8. The summed E-state index contributed by atoms with van der Waals surface area (Å²) in [5.41, 5.74) is -0.504. The molecule has 1 aromatic rings. The van der Waals surface area contributed by atoms with Gasteiger partial charge in [-0.15, -0.1) is 0 Å². The zero-order valence-corrected chi connectivity index (χ0v) is 8.78. The molecule has 1 aliphatic heterocycles. The van der Waals surface area contributed by atoms with Crippen LogP contribution in [0.5, 0.6) is 0 Å². The molecule has 1 aromatic heterocycles. The maximum absolute atomic E-state index is 12.8. The number of carboxylic acid groups (broad SMARTS) is 1. The number of hydrogen-bond donors (Lipinski definition) is 1. The fourth-order valence-electron chi connectivity index (χ4n) is 1.86. The van der Waals surface area contributed by atoms with Crippen LogP contribution in [-0.4, -0.2) is 28.0 Å². The van der Waals surface area contributed by atoms with E-state index in [2.05, 4.69) is 10.4 Å². The van der Waals surface area contributed by atoms with E-state index in [1.165, 1.54) is 0 Å². The first-order chi connectivity index (χ1) is 7.79. The molecule has 5 nitrogen and oxygen atoms in total. The molecule has 0 aliphatic carbocycles. The Bertz CT molecular complexity index is 455. The third kappa shape index (κ3) is 2.06. The van der Waals surface area contributed by atoms with Gasteiger partial charge in [-0.2, -0.15) is 18.3 Å². The number of nitrogens with zero attached hydrogens (tertiary/aromatic N) is 2. The minimum absolute atomic E-state index is 0.0466. The Morgan fingerprint density at radius 3 is 2.82 bits per heavy atom. The highest BCUT2D eigenvalue weighted by molar-refractivity contribution is 5.84. The molecule has 17 heavy (non-hydrogen) atoms. The molecule has 2 rings (SSSR count). The van der Waals surface area contributed by atoms with Crippen molar-refractivity contribution in [3.05, 3.63) is 11.8 Å². The molecule has 1 aliphatic rings. The highest BCUT2D eigenvalue weighted by Crippen LogP contribution is 2.39. The highest BCUT2D eigenvalue weighted by atomic mass is 19.4. The van der Waals surface area contributed by atoms with Crippen molar-refractivity contribution >= 4 is 11.8 Å². The molecule has 8 heteroatoms. The Kier molecular flexibility index (Phi) is 2.52. The first-order valence-corrected chi connectivity index (χ1v) is 4.93. The van der Waals surface area contributed by atoms with Crippen molar-refractivity contribution in [1.82, 2.24) is 9.78 Å². The lowest BCUT2D eigenvalue weighted by molar-refractivity contribution is -0.255. The number of nitrogens with one attached hydrogen (secondary N) is 1.